The van der Waals surface area contributed by atoms with E-state index in [0.29, 0.717) is 18.4 Å². The first kappa shape index (κ1) is 31.2. The molecule has 1 aliphatic carbocycles. The standard InChI is InChI=1S/C32H40N4O8/c1-30(2,3)43-29(42)33-22-15-11-6-4-5-10-14-21-16-32(21,28(40)41)34-26(38)24-18-31(19-36(24)27(22)39)17-23(35-44-31)25(37)20-12-8-7-9-13-20/h7-10,12-14,17,21-22,24,35H,4-6,11,15-16,18-19H2,1-3H3,(H,33,42)(H,34,38)(H,40,41)/t21-,22+,24+,31-,32-/m1/s1. The van der Waals surface area contributed by atoms with Crippen molar-refractivity contribution in [2.75, 3.05) is 6.54 Å². The molecule has 0 aromatic heterocycles. The predicted octanol–water partition coefficient (Wildman–Crippen LogP) is 3.00. The number of carboxylic acid groups (broad SMARTS) is 1. The second-order valence-corrected chi connectivity index (χ2v) is 13.0. The number of carbonyl (C=O) groups is 5. The van der Waals surface area contributed by atoms with E-state index in [1.165, 1.54) is 4.90 Å². The first-order valence-corrected chi connectivity index (χ1v) is 15.1. The molecule has 44 heavy (non-hydrogen) atoms. The molecule has 1 saturated carbocycles. The van der Waals surface area contributed by atoms with Gasteiger partial charge in [0.15, 0.2) is 0 Å². The molecule has 1 aromatic carbocycles. The highest BCUT2D eigenvalue weighted by molar-refractivity contribution is 6.08. The van der Waals surface area contributed by atoms with Crippen LogP contribution in [0, 0.1) is 5.92 Å². The maximum atomic E-state index is 14.2. The number of aliphatic carboxylic acids is 1. The molecule has 3 amide bonds. The molecule has 5 rings (SSSR count). The molecule has 4 aliphatic rings. The van der Waals surface area contributed by atoms with E-state index in [1.807, 2.05) is 12.2 Å². The number of Topliss-reactive ketones (excluding diaryl/α,β-unsaturated/α-hetero) is 1. The molecule has 3 heterocycles. The Bertz CT molecular complexity index is 1390. The number of rotatable bonds is 4. The van der Waals surface area contributed by atoms with Gasteiger partial charge in [0.25, 0.3) is 0 Å². The summed E-state index contributed by atoms with van der Waals surface area (Å²) >= 11 is 0. The third kappa shape index (κ3) is 6.64. The molecular formula is C32H40N4O8. The van der Waals surface area contributed by atoms with Gasteiger partial charge in [-0.3, -0.25) is 24.7 Å². The van der Waals surface area contributed by atoms with E-state index in [0.717, 1.165) is 19.3 Å². The Morgan fingerprint density at radius 2 is 1.84 bits per heavy atom. The summed E-state index contributed by atoms with van der Waals surface area (Å²) in [4.78, 5) is 73.5. The zero-order valence-corrected chi connectivity index (χ0v) is 25.3. The summed E-state index contributed by atoms with van der Waals surface area (Å²) < 4.78 is 5.43. The van der Waals surface area contributed by atoms with Gasteiger partial charge in [0, 0.05) is 17.9 Å². The Labute approximate surface area is 256 Å². The fraction of sp³-hybridized carbons (Fsp3) is 0.531. The Morgan fingerprint density at radius 3 is 2.55 bits per heavy atom. The molecule has 0 bridgehead atoms. The van der Waals surface area contributed by atoms with Gasteiger partial charge in [-0.2, -0.15) is 0 Å². The summed E-state index contributed by atoms with van der Waals surface area (Å²) in [5.41, 5.74) is -0.200. The quantitative estimate of drug-likeness (QED) is 0.297. The minimum absolute atomic E-state index is 0.0293. The molecule has 1 aromatic rings. The van der Waals surface area contributed by atoms with Crippen molar-refractivity contribution in [1.29, 1.82) is 0 Å². The highest BCUT2D eigenvalue weighted by Gasteiger charge is 2.62. The van der Waals surface area contributed by atoms with Gasteiger partial charge >= 0.3 is 12.1 Å². The third-order valence-electron chi connectivity index (χ3n) is 8.45. The average molecular weight is 609 g/mol. The van der Waals surface area contributed by atoms with Crippen molar-refractivity contribution in [2.24, 2.45) is 5.92 Å². The van der Waals surface area contributed by atoms with Gasteiger partial charge < -0.3 is 25.4 Å². The van der Waals surface area contributed by atoms with Gasteiger partial charge in [-0.15, -0.1) is 0 Å². The van der Waals surface area contributed by atoms with Crippen molar-refractivity contribution >= 4 is 29.7 Å². The van der Waals surface area contributed by atoms with E-state index in [-0.39, 0.29) is 36.8 Å². The number of hydroxylamine groups is 1. The van der Waals surface area contributed by atoms with Crippen molar-refractivity contribution in [3.8, 4) is 0 Å². The summed E-state index contributed by atoms with van der Waals surface area (Å²) in [7, 11) is 0. The van der Waals surface area contributed by atoms with E-state index in [2.05, 4.69) is 16.1 Å². The molecule has 12 heteroatoms. The lowest BCUT2D eigenvalue weighted by Gasteiger charge is -2.30. The molecule has 4 N–H and O–H groups in total. The summed E-state index contributed by atoms with van der Waals surface area (Å²) in [5, 5.41) is 15.5. The van der Waals surface area contributed by atoms with E-state index in [4.69, 9.17) is 9.57 Å². The van der Waals surface area contributed by atoms with Crippen LogP contribution in [0.15, 0.2) is 54.3 Å². The van der Waals surface area contributed by atoms with E-state index in [9.17, 15) is 29.1 Å². The van der Waals surface area contributed by atoms with Crippen LogP contribution in [0.25, 0.3) is 0 Å². The van der Waals surface area contributed by atoms with Gasteiger partial charge in [0.05, 0.1) is 6.54 Å². The molecule has 5 atom stereocenters. The second kappa shape index (κ2) is 12.1. The number of hydrogen-bond donors (Lipinski definition) is 4. The highest BCUT2D eigenvalue weighted by atomic mass is 16.7. The van der Waals surface area contributed by atoms with Crippen LogP contribution in [-0.4, -0.2) is 75.0 Å². The van der Waals surface area contributed by atoms with E-state index >= 15 is 0 Å². The average Bonchev–Trinajstić information content (AvgIpc) is 3.31. The normalized spacial score (nSPS) is 30.6. The van der Waals surface area contributed by atoms with Crippen molar-refractivity contribution in [3.63, 3.8) is 0 Å². The molecule has 236 valence electrons. The Hall–Kier alpha value is -4.19. The van der Waals surface area contributed by atoms with E-state index in [1.54, 1.807) is 57.2 Å². The number of benzene rings is 1. The Kier molecular flexibility index (Phi) is 8.57. The maximum absolute atomic E-state index is 14.2. The monoisotopic (exact) mass is 608 g/mol. The van der Waals surface area contributed by atoms with Crippen LogP contribution in [0.2, 0.25) is 0 Å². The SMILES string of the molecule is CC(C)(C)OC(=O)N[C@H]1CCCCCC=C[C@@H]2C[C@@]2(C(=O)O)NC(=O)[C@@H]2C[C@]3(C=C(C(=O)c4ccccc4)NO3)CN2C1=O. The topological polar surface area (TPSA) is 163 Å². The number of ether oxygens (including phenoxy) is 1. The van der Waals surface area contributed by atoms with Gasteiger partial charge in [0.2, 0.25) is 17.6 Å². The minimum atomic E-state index is -1.47. The van der Waals surface area contributed by atoms with Gasteiger partial charge in [-0.25, -0.2) is 9.59 Å². The largest absolute Gasteiger partial charge is 0.479 e. The zero-order chi connectivity index (χ0) is 31.7. The number of nitrogens with one attached hydrogen (secondary N) is 3. The number of nitrogens with zero attached hydrogens (tertiary/aromatic N) is 1. The summed E-state index contributed by atoms with van der Waals surface area (Å²) in [5.74, 6) is -2.98. The maximum Gasteiger partial charge on any atom is 0.408 e. The van der Waals surface area contributed by atoms with Crippen molar-refractivity contribution in [2.45, 2.75) is 94.5 Å². The van der Waals surface area contributed by atoms with Crippen LogP contribution < -0.4 is 16.1 Å². The summed E-state index contributed by atoms with van der Waals surface area (Å²) in [6.45, 7) is 5.06. The van der Waals surface area contributed by atoms with Crippen LogP contribution in [0.5, 0.6) is 0 Å². The number of carboxylic acids is 1. The number of alkyl carbamates (subject to hydrolysis) is 1. The van der Waals surface area contributed by atoms with Crippen LogP contribution in [-0.2, 0) is 24.0 Å². The molecule has 1 saturated heterocycles. The predicted molar refractivity (Wildman–Crippen MR) is 158 cm³/mol. The summed E-state index contributed by atoms with van der Waals surface area (Å²) in [6, 6.07) is 6.50. The Morgan fingerprint density at radius 1 is 1.09 bits per heavy atom. The highest BCUT2D eigenvalue weighted by Crippen LogP contribution is 2.46. The summed E-state index contributed by atoms with van der Waals surface area (Å²) in [6.07, 6.45) is 8.10. The molecule has 0 unspecified atom stereocenters. The first-order valence-electron chi connectivity index (χ1n) is 15.1. The minimum Gasteiger partial charge on any atom is -0.479 e. The number of amides is 3. The second-order valence-electron chi connectivity index (χ2n) is 13.0. The van der Waals surface area contributed by atoms with Crippen LogP contribution in [0.4, 0.5) is 4.79 Å². The number of hydrogen-bond acceptors (Lipinski definition) is 8. The lowest BCUT2D eigenvalue weighted by Crippen LogP contribution is -2.56. The Balaban J connectivity index is 1.46. The van der Waals surface area contributed by atoms with Crippen LogP contribution in [0.1, 0.15) is 76.1 Å². The fourth-order valence-corrected chi connectivity index (χ4v) is 6.10. The van der Waals surface area contributed by atoms with Crippen molar-refractivity contribution < 1.29 is 38.7 Å². The fourth-order valence-electron chi connectivity index (χ4n) is 6.10. The number of fused-ring (bicyclic) bond motifs is 2. The molecular weight excluding hydrogens is 568 g/mol. The molecule has 12 nitrogen and oxygen atoms in total. The first-order chi connectivity index (χ1) is 20.8. The smallest absolute Gasteiger partial charge is 0.408 e. The van der Waals surface area contributed by atoms with Gasteiger partial charge in [-0.1, -0.05) is 55.3 Å². The van der Waals surface area contributed by atoms with Crippen LogP contribution >= 0.6 is 0 Å². The third-order valence-corrected chi connectivity index (χ3v) is 8.45. The zero-order valence-electron chi connectivity index (χ0n) is 25.3. The lowest BCUT2D eigenvalue weighted by molar-refractivity contribution is -0.145. The van der Waals surface area contributed by atoms with Crippen LogP contribution in [0.3, 0.4) is 0 Å². The van der Waals surface area contributed by atoms with Crippen molar-refractivity contribution in [3.05, 3.63) is 59.8 Å². The molecule has 2 fully saturated rings. The molecule has 0 radical (unpaired) electrons. The lowest BCUT2D eigenvalue weighted by atomic mass is 9.97. The van der Waals surface area contributed by atoms with Gasteiger partial charge in [0.1, 0.15) is 34.5 Å². The number of carbonyl (C=O) groups excluding carboxylic acids is 4. The number of allylic oxidation sites excluding steroid dienone is 2. The van der Waals surface area contributed by atoms with E-state index < -0.39 is 52.7 Å². The van der Waals surface area contributed by atoms with Gasteiger partial charge in [-0.05, 0) is 52.5 Å². The molecule has 1 spiro atoms. The molecule has 3 aliphatic heterocycles. The number of ketones is 1. The van der Waals surface area contributed by atoms with Crippen molar-refractivity contribution in [1.82, 2.24) is 21.0 Å².